The summed E-state index contributed by atoms with van der Waals surface area (Å²) in [6, 6.07) is 15.0. The molecule has 6 heteroatoms. The van der Waals surface area contributed by atoms with E-state index in [4.69, 9.17) is 9.47 Å². The Balaban J connectivity index is 1.87. The smallest absolute Gasteiger partial charge is 0.339 e. The van der Waals surface area contributed by atoms with Crippen LogP contribution in [0.5, 0.6) is 5.75 Å². The lowest BCUT2D eigenvalue weighted by atomic mass is 9.94. The topological polar surface area (TPSA) is 77.8 Å². The third kappa shape index (κ3) is 5.02. The minimum absolute atomic E-state index is 0.241. The lowest BCUT2D eigenvalue weighted by Gasteiger charge is -2.28. The molecule has 1 N–H and O–H groups in total. The number of pyridine rings is 1. The second kappa shape index (κ2) is 9.63. The molecule has 2 aromatic carbocycles. The molecule has 1 saturated carbocycles. The van der Waals surface area contributed by atoms with Crippen LogP contribution in [0.15, 0.2) is 53.3 Å². The van der Waals surface area contributed by atoms with Gasteiger partial charge in [-0.05, 0) is 75.6 Å². The standard InChI is InChI=1S/C28H33NO5/c1-28(2,3)34-25(27(31)32)24-23(21-12-8-9-13-22(21)26(30)29(24)4)18-14-16-20(17-15-18)33-19-10-6-5-7-11-19/h8-9,12-17,19,25H,5-7,10-11H2,1-4H3,(H,31,32). The number of aromatic nitrogens is 1. The van der Waals surface area contributed by atoms with Crippen molar-refractivity contribution in [1.82, 2.24) is 4.57 Å². The zero-order chi connectivity index (χ0) is 24.5. The van der Waals surface area contributed by atoms with Gasteiger partial charge in [-0.15, -0.1) is 0 Å². The minimum atomic E-state index is -1.31. The van der Waals surface area contributed by atoms with Gasteiger partial charge in [0.2, 0.25) is 0 Å². The predicted octanol–water partition coefficient (Wildman–Crippen LogP) is 5.86. The van der Waals surface area contributed by atoms with E-state index in [1.54, 1.807) is 33.9 Å². The summed E-state index contributed by atoms with van der Waals surface area (Å²) in [6.45, 7) is 5.41. The molecule has 180 valence electrons. The Morgan fingerprint density at radius 1 is 1.00 bits per heavy atom. The van der Waals surface area contributed by atoms with E-state index in [9.17, 15) is 14.7 Å². The first-order valence-electron chi connectivity index (χ1n) is 11.9. The van der Waals surface area contributed by atoms with E-state index in [1.807, 2.05) is 42.5 Å². The normalized spacial score (nSPS) is 15.9. The highest BCUT2D eigenvalue weighted by Crippen LogP contribution is 2.37. The molecular formula is C28H33NO5. The van der Waals surface area contributed by atoms with Gasteiger partial charge in [0, 0.05) is 18.0 Å². The highest BCUT2D eigenvalue weighted by molar-refractivity contribution is 5.98. The molecular weight excluding hydrogens is 430 g/mol. The van der Waals surface area contributed by atoms with Crippen LogP contribution in [0.2, 0.25) is 0 Å². The fourth-order valence-corrected chi connectivity index (χ4v) is 4.75. The SMILES string of the molecule is Cn1c(C(OC(C)(C)C)C(=O)O)c(-c2ccc(OC3CCCCC3)cc2)c2ccccc2c1=O. The Morgan fingerprint density at radius 3 is 2.21 bits per heavy atom. The van der Waals surface area contributed by atoms with Gasteiger partial charge in [0.1, 0.15) is 5.75 Å². The largest absolute Gasteiger partial charge is 0.490 e. The van der Waals surface area contributed by atoms with Crippen LogP contribution in [-0.4, -0.2) is 27.3 Å². The molecule has 1 fully saturated rings. The second-order valence-corrected chi connectivity index (χ2v) is 10.0. The number of carboxylic acids is 1. The van der Waals surface area contributed by atoms with Crippen molar-refractivity contribution in [1.29, 1.82) is 0 Å². The molecule has 0 saturated heterocycles. The molecule has 1 aromatic heterocycles. The number of aliphatic carboxylic acids is 1. The molecule has 0 amide bonds. The molecule has 1 atom stereocenters. The van der Waals surface area contributed by atoms with Crippen LogP contribution >= 0.6 is 0 Å². The van der Waals surface area contributed by atoms with Gasteiger partial charge in [-0.2, -0.15) is 0 Å². The van der Waals surface area contributed by atoms with Crippen molar-refractivity contribution in [2.45, 2.75) is 70.7 Å². The molecule has 6 nitrogen and oxygen atoms in total. The molecule has 0 spiro atoms. The number of hydrogen-bond acceptors (Lipinski definition) is 4. The molecule has 1 heterocycles. The van der Waals surface area contributed by atoms with Gasteiger partial charge in [-0.1, -0.05) is 36.8 Å². The summed E-state index contributed by atoms with van der Waals surface area (Å²) in [5.74, 6) is -0.342. The van der Waals surface area contributed by atoms with Crippen LogP contribution in [0.25, 0.3) is 21.9 Å². The Hall–Kier alpha value is -3.12. The first kappa shape index (κ1) is 24.0. The molecule has 1 aliphatic rings. The number of carboxylic acid groups (broad SMARTS) is 1. The van der Waals surface area contributed by atoms with Crippen LogP contribution in [0.4, 0.5) is 0 Å². The minimum Gasteiger partial charge on any atom is -0.490 e. The fourth-order valence-electron chi connectivity index (χ4n) is 4.75. The predicted molar refractivity (Wildman–Crippen MR) is 133 cm³/mol. The van der Waals surface area contributed by atoms with Crippen molar-refractivity contribution in [2.24, 2.45) is 7.05 Å². The highest BCUT2D eigenvalue weighted by Gasteiger charge is 2.32. The molecule has 0 radical (unpaired) electrons. The Bertz CT molecular complexity index is 1230. The lowest BCUT2D eigenvalue weighted by Crippen LogP contribution is -2.32. The van der Waals surface area contributed by atoms with Crippen molar-refractivity contribution in [2.75, 3.05) is 0 Å². The third-order valence-electron chi connectivity index (χ3n) is 6.29. The molecule has 34 heavy (non-hydrogen) atoms. The number of ether oxygens (including phenoxy) is 2. The molecule has 3 aromatic rings. The van der Waals surface area contributed by atoms with Crippen LogP contribution in [0.3, 0.4) is 0 Å². The Labute approximate surface area is 200 Å². The van der Waals surface area contributed by atoms with Gasteiger partial charge >= 0.3 is 5.97 Å². The molecule has 0 aliphatic heterocycles. The van der Waals surface area contributed by atoms with Crippen LogP contribution in [-0.2, 0) is 16.6 Å². The fraction of sp³-hybridized carbons (Fsp3) is 0.429. The van der Waals surface area contributed by atoms with Crippen molar-refractivity contribution >= 4 is 16.7 Å². The van der Waals surface area contributed by atoms with E-state index in [0.717, 1.165) is 24.2 Å². The van der Waals surface area contributed by atoms with E-state index in [2.05, 4.69) is 0 Å². The number of hydrogen-bond donors (Lipinski definition) is 1. The Morgan fingerprint density at radius 2 is 1.62 bits per heavy atom. The van der Waals surface area contributed by atoms with E-state index < -0.39 is 17.7 Å². The zero-order valence-corrected chi connectivity index (χ0v) is 20.3. The first-order chi connectivity index (χ1) is 16.2. The Kier molecular flexibility index (Phi) is 6.80. The number of rotatable bonds is 6. The van der Waals surface area contributed by atoms with Gasteiger partial charge in [0.25, 0.3) is 5.56 Å². The molecule has 1 aliphatic carbocycles. The van der Waals surface area contributed by atoms with E-state index in [-0.39, 0.29) is 11.7 Å². The van der Waals surface area contributed by atoms with Crippen molar-refractivity contribution < 1.29 is 19.4 Å². The number of fused-ring (bicyclic) bond motifs is 1. The highest BCUT2D eigenvalue weighted by atomic mass is 16.5. The summed E-state index contributed by atoms with van der Waals surface area (Å²) in [7, 11) is 1.61. The summed E-state index contributed by atoms with van der Waals surface area (Å²) in [4.78, 5) is 25.6. The molecule has 0 bridgehead atoms. The van der Waals surface area contributed by atoms with Gasteiger partial charge in [0.05, 0.1) is 17.4 Å². The summed E-state index contributed by atoms with van der Waals surface area (Å²) in [5, 5.41) is 11.3. The zero-order valence-electron chi connectivity index (χ0n) is 20.3. The average Bonchev–Trinajstić information content (AvgIpc) is 2.80. The van der Waals surface area contributed by atoms with Gasteiger partial charge in [-0.25, -0.2) is 4.79 Å². The molecule has 4 rings (SSSR count). The van der Waals surface area contributed by atoms with E-state index >= 15 is 0 Å². The van der Waals surface area contributed by atoms with Crippen molar-refractivity contribution in [3.05, 3.63) is 64.6 Å². The first-order valence-corrected chi connectivity index (χ1v) is 11.9. The quantitative estimate of drug-likeness (QED) is 0.496. The number of benzene rings is 2. The number of nitrogens with zero attached hydrogens (tertiary/aromatic N) is 1. The maximum atomic E-state index is 13.2. The summed E-state index contributed by atoms with van der Waals surface area (Å²) in [5.41, 5.74) is 0.835. The maximum absolute atomic E-state index is 13.2. The van der Waals surface area contributed by atoms with E-state index in [1.165, 1.54) is 23.8 Å². The molecule has 1 unspecified atom stereocenters. The maximum Gasteiger partial charge on any atom is 0.339 e. The van der Waals surface area contributed by atoms with Gasteiger partial charge in [0.15, 0.2) is 6.10 Å². The van der Waals surface area contributed by atoms with Gasteiger partial charge < -0.3 is 19.1 Å². The van der Waals surface area contributed by atoms with Crippen molar-refractivity contribution in [3.8, 4) is 16.9 Å². The van der Waals surface area contributed by atoms with Crippen LogP contribution < -0.4 is 10.3 Å². The third-order valence-corrected chi connectivity index (χ3v) is 6.29. The average molecular weight is 464 g/mol. The van der Waals surface area contributed by atoms with Crippen molar-refractivity contribution in [3.63, 3.8) is 0 Å². The second-order valence-electron chi connectivity index (χ2n) is 10.0. The summed E-state index contributed by atoms with van der Waals surface area (Å²) in [6.07, 6.45) is 4.73. The summed E-state index contributed by atoms with van der Waals surface area (Å²) >= 11 is 0. The van der Waals surface area contributed by atoms with Crippen LogP contribution in [0, 0.1) is 0 Å². The van der Waals surface area contributed by atoms with Crippen LogP contribution in [0.1, 0.15) is 64.7 Å². The lowest BCUT2D eigenvalue weighted by molar-refractivity contribution is -0.161. The van der Waals surface area contributed by atoms with E-state index in [0.29, 0.717) is 22.0 Å². The summed E-state index contributed by atoms with van der Waals surface area (Å²) < 4.78 is 13.6. The number of carbonyl (C=O) groups is 1. The monoisotopic (exact) mass is 463 g/mol. The van der Waals surface area contributed by atoms with Gasteiger partial charge in [-0.3, -0.25) is 4.79 Å².